The largest absolute Gasteiger partial charge is 0.497 e. The molecule has 0 aliphatic carbocycles. The van der Waals surface area contributed by atoms with Gasteiger partial charge < -0.3 is 19.7 Å². The normalized spacial score (nSPS) is 12.3. The quantitative estimate of drug-likeness (QED) is 0.299. The van der Waals surface area contributed by atoms with Crippen molar-refractivity contribution < 1.29 is 19.1 Å². The number of benzene rings is 3. The fourth-order valence-electron chi connectivity index (χ4n) is 4.04. The lowest BCUT2D eigenvalue weighted by Crippen LogP contribution is -2.52. The van der Waals surface area contributed by atoms with Crippen molar-refractivity contribution in [2.24, 2.45) is 0 Å². The molecule has 1 N–H and O–H groups in total. The second-order valence-corrected chi connectivity index (χ2v) is 9.16. The Morgan fingerprint density at radius 3 is 2.22 bits per heavy atom. The number of methoxy groups -OCH3 is 1. The molecule has 0 bridgehead atoms. The van der Waals surface area contributed by atoms with Crippen molar-refractivity contribution in [2.45, 2.75) is 58.2 Å². The van der Waals surface area contributed by atoms with E-state index in [2.05, 4.69) is 5.32 Å². The Balaban J connectivity index is 1.82. The molecule has 196 valence electrons. The van der Waals surface area contributed by atoms with Gasteiger partial charge in [-0.25, -0.2) is 0 Å². The third-order valence-corrected chi connectivity index (χ3v) is 6.31. The number of hydrogen-bond acceptors (Lipinski definition) is 4. The van der Waals surface area contributed by atoms with Crippen LogP contribution in [-0.4, -0.2) is 42.5 Å². The number of carbonyl (C=O) groups is 2. The summed E-state index contributed by atoms with van der Waals surface area (Å²) in [6, 6.07) is 26.4. The number of rotatable bonds is 14. The first-order chi connectivity index (χ1) is 18.0. The van der Waals surface area contributed by atoms with Gasteiger partial charge in [0.1, 0.15) is 17.5 Å². The minimum absolute atomic E-state index is 0.0128. The fraction of sp³-hybridized carbons (Fsp3) is 0.355. The molecule has 0 aliphatic heterocycles. The highest BCUT2D eigenvalue weighted by molar-refractivity contribution is 5.88. The van der Waals surface area contributed by atoms with E-state index in [0.29, 0.717) is 31.7 Å². The van der Waals surface area contributed by atoms with E-state index in [0.717, 1.165) is 23.3 Å². The van der Waals surface area contributed by atoms with Crippen LogP contribution in [0, 0.1) is 0 Å². The molecule has 2 amide bonds. The number of amides is 2. The lowest BCUT2D eigenvalue weighted by Gasteiger charge is -2.32. The van der Waals surface area contributed by atoms with Gasteiger partial charge in [-0.3, -0.25) is 9.59 Å². The molecule has 0 heterocycles. The molecule has 3 aromatic carbocycles. The van der Waals surface area contributed by atoms with Gasteiger partial charge in [0.15, 0.2) is 0 Å². The minimum atomic E-state index is -0.648. The standard InChI is InChI=1S/C31H38N2O4/c1-4-24(2)32-31(35)29(22-25-13-7-5-8-14-25)33(23-26-15-11-18-28(21-26)36-3)30(34)19-12-20-37-27-16-9-6-10-17-27/h5-11,13-18,21,24,29H,4,12,19-20,22-23H2,1-3H3,(H,32,35)/t24-,29-/m1/s1. The van der Waals surface area contributed by atoms with Gasteiger partial charge in [0.05, 0.1) is 13.7 Å². The highest BCUT2D eigenvalue weighted by Crippen LogP contribution is 2.20. The topological polar surface area (TPSA) is 67.9 Å². The van der Waals surface area contributed by atoms with Gasteiger partial charge in [-0.1, -0.05) is 67.6 Å². The zero-order valence-corrected chi connectivity index (χ0v) is 22.1. The number of nitrogens with one attached hydrogen (secondary N) is 1. The summed E-state index contributed by atoms with van der Waals surface area (Å²) in [4.78, 5) is 28.9. The summed E-state index contributed by atoms with van der Waals surface area (Å²) in [5.41, 5.74) is 1.91. The summed E-state index contributed by atoms with van der Waals surface area (Å²) in [5.74, 6) is 1.26. The van der Waals surface area contributed by atoms with E-state index in [9.17, 15) is 9.59 Å². The van der Waals surface area contributed by atoms with Crippen molar-refractivity contribution in [3.63, 3.8) is 0 Å². The molecule has 6 nitrogen and oxygen atoms in total. The lowest BCUT2D eigenvalue weighted by molar-refractivity contribution is -0.141. The van der Waals surface area contributed by atoms with E-state index in [4.69, 9.17) is 9.47 Å². The summed E-state index contributed by atoms with van der Waals surface area (Å²) in [5, 5.41) is 3.10. The molecule has 37 heavy (non-hydrogen) atoms. The van der Waals surface area contributed by atoms with E-state index in [1.807, 2.05) is 98.8 Å². The van der Waals surface area contributed by atoms with Crippen LogP contribution in [0.25, 0.3) is 0 Å². The zero-order chi connectivity index (χ0) is 26.5. The van der Waals surface area contributed by atoms with E-state index >= 15 is 0 Å². The Kier molecular flexibility index (Phi) is 11.0. The molecule has 0 radical (unpaired) electrons. The van der Waals surface area contributed by atoms with Gasteiger partial charge in [-0.05, 0) is 55.2 Å². The summed E-state index contributed by atoms with van der Waals surface area (Å²) in [6.45, 7) is 4.74. The minimum Gasteiger partial charge on any atom is -0.497 e. The van der Waals surface area contributed by atoms with Gasteiger partial charge in [0.2, 0.25) is 11.8 Å². The maximum atomic E-state index is 13.7. The van der Waals surface area contributed by atoms with E-state index < -0.39 is 6.04 Å². The molecule has 0 saturated heterocycles. The predicted molar refractivity (Wildman–Crippen MR) is 147 cm³/mol. The van der Waals surface area contributed by atoms with Crippen LogP contribution in [0.2, 0.25) is 0 Å². The van der Waals surface area contributed by atoms with E-state index in [1.165, 1.54) is 0 Å². The smallest absolute Gasteiger partial charge is 0.243 e. The summed E-state index contributed by atoms with van der Waals surface area (Å²) in [6.07, 6.45) is 2.07. The van der Waals surface area contributed by atoms with Crippen LogP contribution in [0.4, 0.5) is 0 Å². The number of carbonyl (C=O) groups excluding carboxylic acids is 2. The Morgan fingerprint density at radius 1 is 0.892 bits per heavy atom. The van der Waals surface area contributed by atoms with Gasteiger partial charge in [-0.2, -0.15) is 0 Å². The van der Waals surface area contributed by atoms with Crippen molar-refractivity contribution in [3.05, 3.63) is 96.1 Å². The van der Waals surface area contributed by atoms with Crippen molar-refractivity contribution in [2.75, 3.05) is 13.7 Å². The van der Waals surface area contributed by atoms with Crippen molar-refractivity contribution in [3.8, 4) is 11.5 Å². The lowest BCUT2D eigenvalue weighted by atomic mass is 10.0. The second-order valence-electron chi connectivity index (χ2n) is 9.16. The van der Waals surface area contributed by atoms with Gasteiger partial charge in [0.25, 0.3) is 0 Å². The third-order valence-electron chi connectivity index (χ3n) is 6.31. The molecular formula is C31H38N2O4. The summed E-state index contributed by atoms with van der Waals surface area (Å²) >= 11 is 0. The molecular weight excluding hydrogens is 464 g/mol. The number of para-hydroxylation sites is 1. The number of nitrogens with zero attached hydrogens (tertiary/aromatic N) is 1. The SMILES string of the molecule is CC[C@@H](C)NC(=O)[C@@H](Cc1ccccc1)N(Cc1cccc(OC)c1)C(=O)CCCOc1ccccc1. The van der Waals surface area contributed by atoms with Crippen LogP contribution < -0.4 is 14.8 Å². The van der Waals surface area contributed by atoms with Crippen LogP contribution in [0.5, 0.6) is 11.5 Å². The van der Waals surface area contributed by atoms with Gasteiger partial charge in [-0.15, -0.1) is 0 Å². The van der Waals surface area contributed by atoms with Gasteiger partial charge >= 0.3 is 0 Å². The summed E-state index contributed by atoms with van der Waals surface area (Å²) in [7, 11) is 1.62. The first-order valence-corrected chi connectivity index (χ1v) is 12.9. The van der Waals surface area contributed by atoms with Crippen LogP contribution in [-0.2, 0) is 22.6 Å². The average Bonchev–Trinajstić information content (AvgIpc) is 2.94. The molecule has 0 saturated carbocycles. The molecule has 0 spiro atoms. The van der Waals surface area contributed by atoms with Crippen LogP contribution >= 0.6 is 0 Å². The Hall–Kier alpha value is -3.80. The Bertz CT molecular complexity index is 1100. The molecule has 2 atom stereocenters. The third kappa shape index (κ3) is 8.98. The second kappa shape index (κ2) is 14.7. The van der Waals surface area contributed by atoms with Crippen LogP contribution in [0.3, 0.4) is 0 Å². The monoisotopic (exact) mass is 502 g/mol. The molecule has 3 aromatic rings. The molecule has 0 aliphatic rings. The highest BCUT2D eigenvalue weighted by atomic mass is 16.5. The zero-order valence-electron chi connectivity index (χ0n) is 22.1. The number of hydrogen-bond donors (Lipinski definition) is 1. The fourth-order valence-corrected chi connectivity index (χ4v) is 4.04. The van der Waals surface area contributed by atoms with Gasteiger partial charge in [0, 0.05) is 25.4 Å². The average molecular weight is 503 g/mol. The molecule has 0 fully saturated rings. The molecule has 6 heteroatoms. The molecule has 0 unspecified atom stereocenters. The van der Waals surface area contributed by atoms with Crippen molar-refractivity contribution in [1.82, 2.24) is 10.2 Å². The Labute approximate surface area is 220 Å². The first kappa shape index (κ1) is 27.8. The molecule has 0 aromatic heterocycles. The van der Waals surface area contributed by atoms with E-state index in [-0.39, 0.29) is 24.3 Å². The first-order valence-electron chi connectivity index (χ1n) is 12.9. The van der Waals surface area contributed by atoms with E-state index in [1.54, 1.807) is 12.0 Å². The maximum Gasteiger partial charge on any atom is 0.243 e. The molecule has 3 rings (SSSR count). The predicted octanol–water partition coefficient (Wildman–Crippen LogP) is 5.41. The maximum absolute atomic E-state index is 13.7. The van der Waals surface area contributed by atoms with Crippen molar-refractivity contribution in [1.29, 1.82) is 0 Å². The number of ether oxygens (including phenoxy) is 2. The van der Waals surface area contributed by atoms with Crippen LogP contribution in [0.15, 0.2) is 84.9 Å². The highest BCUT2D eigenvalue weighted by Gasteiger charge is 2.30. The Morgan fingerprint density at radius 2 is 1.54 bits per heavy atom. The van der Waals surface area contributed by atoms with Crippen LogP contribution in [0.1, 0.15) is 44.2 Å². The van der Waals surface area contributed by atoms with Crippen molar-refractivity contribution >= 4 is 11.8 Å². The summed E-state index contributed by atoms with van der Waals surface area (Å²) < 4.78 is 11.2.